The number of allylic oxidation sites excluding steroid dienone is 4. The number of hydrogen-bond acceptors (Lipinski definition) is 0. The van der Waals surface area contributed by atoms with Crippen molar-refractivity contribution in [3.05, 3.63) is 98.6 Å². The largest absolute Gasteiger partial charge is 0.493 e. The summed E-state index contributed by atoms with van der Waals surface area (Å²) >= 11 is 0. The predicted molar refractivity (Wildman–Crippen MR) is 258 cm³/mol. The zero-order valence-corrected chi connectivity index (χ0v) is 39.1. The molecule has 0 radical (unpaired) electrons. The molecule has 0 amide bonds. The first-order chi connectivity index (χ1) is 28.5. The molecule has 2 aromatic carbocycles. The fraction of sp³-hybridized carbons (Fsp3) is 0.679. The maximum Gasteiger partial charge on any atom is 0.215 e. The van der Waals surface area contributed by atoms with Crippen LogP contribution in [0, 0.1) is 0 Å². The highest BCUT2D eigenvalue weighted by Crippen LogP contribution is 2.44. The van der Waals surface area contributed by atoms with Gasteiger partial charge in [-0.2, -0.15) is 0 Å². The first-order valence-electron chi connectivity index (χ1n) is 25.4. The van der Waals surface area contributed by atoms with Crippen LogP contribution < -0.4 is 0 Å². The van der Waals surface area contributed by atoms with E-state index in [1.165, 1.54) is 199 Å². The SMILES string of the molecule is CCCCCCCCCCCCCCC=CC1=C(c2cc(CCCC)cc(CCCCCC)c2)[N+](=[N-])C(c2cc(CCCC)cc(CCCCCC)c2)=C1CCCC. The normalized spacial score (nSPS) is 13.3. The highest BCUT2D eigenvalue weighted by atomic mass is 15.2. The van der Waals surface area contributed by atoms with Crippen LogP contribution in [0.4, 0.5) is 0 Å². The molecule has 0 aromatic heterocycles. The van der Waals surface area contributed by atoms with E-state index in [-0.39, 0.29) is 0 Å². The second-order valence-corrected chi connectivity index (χ2v) is 18.0. The fourth-order valence-electron chi connectivity index (χ4n) is 8.94. The van der Waals surface area contributed by atoms with Gasteiger partial charge in [0.15, 0.2) is 0 Å². The van der Waals surface area contributed by atoms with E-state index in [0.29, 0.717) is 0 Å². The van der Waals surface area contributed by atoms with Gasteiger partial charge < -0.3 is 5.53 Å². The van der Waals surface area contributed by atoms with Crippen molar-refractivity contribution in [1.82, 2.24) is 0 Å². The van der Waals surface area contributed by atoms with E-state index < -0.39 is 0 Å². The Hall–Kier alpha value is -2.74. The molecule has 0 atom stereocenters. The van der Waals surface area contributed by atoms with Crippen molar-refractivity contribution in [2.45, 2.75) is 247 Å². The topological polar surface area (TPSA) is 25.3 Å². The maximum atomic E-state index is 12.7. The average Bonchev–Trinajstić information content (AvgIpc) is 3.51. The lowest BCUT2D eigenvalue weighted by Crippen LogP contribution is -2.05. The Balaban J connectivity index is 1.99. The predicted octanol–water partition coefficient (Wildman–Crippen LogP) is 18.6. The number of hydrogen-bond donors (Lipinski definition) is 0. The first-order valence-corrected chi connectivity index (χ1v) is 25.4. The molecule has 1 heterocycles. The maximum absolute atomic E-state index is 12.7. The third kappa shape index (κ3) is 18.3. The van der Waals surface area contributed by atoms with Crippen LogP contribution in [0.5, 0.6) is 0 Å². The summed E-state index contributed by atoms with van der Waals surface area (Å²) in [4.78, 5) is 0. The molecule has 0 saturated heterocycles. The van der Waals surface area contributed by atoms with E-state index in [1.54, 1.807) is 4.70 Å². The highest BCUT2D eigenvalue weighted by Gasteiger charge is 2.35. The van der Waals surface area contributed by atoms with Gasteiger partial charge in [0.1, 0.15) is 0 Å². The van der Waals surface area contributed by atoms with E-state index in [1.807, 2.05) is 0 Å². The quantitative estimate of drug-likeness (QED) is 0.0491. The third-order valence-corrected chi connectivity index (χ3v) is 12.5. The number of aryl methyl sites for hydroxylation is 4. The number of rotatable bonds is 35. The lowest BCUT2D eigenvalue weighted by atomic mass is 9.91. The van der Waals surface area contributed by atoms with Gasteiger partial charge in [0, 0.05) is 16.7 Å². The first kappa shape index (κ1) is 49.6. The number of unbranched alkanes of at least 4 members (excludes halogenated alkanes) is 21. The summed E-state index contributed by atoms with van der Waals surface area (Å²) in [7, 11) is 0. The standard InChI is InChI=1S/C56H90N2/c1-7-13-19-22-23-24-25-26-27-28-29-30-31-34-40-54-53(39-18-12-6)55(51-43-47(35-16-10-4)41-49(45-51)37-32-20-14-8-2)58(57)56(54)52-44-48(36-17-11-5)42-50(46-52)38-33-21-15-9-3/h34,40-46H,7-33,35-39H2,1-6H3. The smallest absolute Gasteiger partial charge is 0.215 e. The lowest BCUT2D eigenvalue weighted by molar-refractivity contribution is -0.345. The minimum Gasteiger partial charge on any atom is -0.493 e. The van der Waals surface area contributed by atoms with Gasteiger partial charge in [-0.05, 0) is 124 Å². The molecule has 2 nitrogen and oxygen atoms in total. The Morgan fingerprint density at radius 2 is 0.724 bits per heavy atom. The van der Waals surface area contributed by atoms with Crippen molar-refractivity contribution >= 4 is 11.4 Å². The Morgan fingerprint density at radius 3 is 1.16 bits per heavy atom. The van der Waals surface area contributed by atoms with Crippen LogP contribution in [0.3, 0.4) is 0 Å². The van der Waals surface area contributed by atoms with Crippen LogP contribution in [0.25, 0.3) is 16.9 Å². The van der Waals surface area contributed by atoms with E-state index in [9.17, 15) is 5.53 Å². The molecule has 324 valence electrons. The van der Waals surface area contributed by atoms with Gasteiger partial charge in [-0.15, -0.1) is 0 Å². The minimum atomic E-state index is 0.981. The van der Waals surface area contributed by atoms with Crippen molar-refractivity contribution in [3.8, 4) is 0 Å². The van der Waals surface area contributed by atoms with Crippen molar-refractivity contribution in [2.75, 3.05) is 0 Å². The molecule has 1 aliphatic rings. The Kier molecular flexibility index (Phi) is 26.7. The molecule has 0 unspecified atom stereocenters. The molecule has 0 spiro atoms. The van der Waals surface area contributed by atoms with E-state index in [4.69, 9.17) is 0 Å². The molecule has 0 fully saturated rings. The van der Waals surface area contributed by atoms with Crippen molar-refractivity contribution in [1.29, 1.82) is 0 Å². The van der Waals surface area contributed by atoms with E-state index >= 15 is 0 Å². The molecule has 0 aliphatic carbocycles. The molecule has 2 aromatic rings. The summed E-state index contributed by atoms with van der Waals surface area (Å²) in [5.74, 6) is 0. The minimum absolute atomic E-state index is 0.981. The Bertz CT molecular complexity index is 1520. The summed E-state index contributed by atoms with van der Waals surface area (Å²) in [6.45, 7) is 13.8. The molecule has 1 aliphatic heterocycles. The van der Waals surface area contributed by atoms with Gasteiger partial charge in [0.25, 0.3) is 0 Å². The van der Waals surface area contributed by atoms with Gasteiger partial charge >= 0.3 is 0 Å². The van der Waals surface area contributed by atoms with E-state index in [2.05, 4.69) is 90.1 Å². The summed E-state index contributed by atoms with van der Waals surface area (Å²) in [6, 6.07) is 14.6. The monoisotopic (exact) mass is 791 g/mol. The molecule has 0 N–H and O–H groups in total. The molecular weight excluding hydrogens is 701 g/mol. The zero-order valence-electron chi connectivity index (χ0n) is 39.1. The van der Waals surface area contributed by atoms with Gasteiger partial charge in [0.2, 0.25) is 11.4 Å². The highest BCUT2D eigenvalue weighted by molar-refractivity contribution is 5.84. The fourth-order valence-corrected chi connectivity index (χ4v) is 8.94. The lowest BCUT2D eigenvalue weighted by Gasteiger charge is -2.14. The van der Waals surface area contributed by atoms with Crippen LogP contribution in [0.2, 0.25) is 0 Å². The Labute approximate surface area is 360 Å². The molecule has 58 heavy (non-hydrogen) atoms. The van der Waals surface area contributed by atoms with E-state index in [0.717, 1.165) is 62.8 Å². The van der Waals surface area contributed by atoms with Crippen molar-refractivity contribution in [3.63, 3.8) is 0 Å². The van der Waals surface area contributed by atoms with Crippen LogP contribution in [0.15, 0.2) is 59.7 Å². The summed E-state index contributed by atoms with van der Waals surface area (Å²) in [5.41, 5.74) is 25.4. The summed E-state index contributed by atoms with van der Waals surface area (Å²) in [5, 5.41) is 0. The number of benzene rings is 2. The third-order valence-electron chi connectivity index (χ3n) is 12.5. The average molecular weight is 791 g/mol. The molecule has 3 rings (SSSR count). The summed E-state index contributed by atoms with van der Waals surface area (Å²) < 4.78 is 1.65. The second-order valence-electron chi connectivity index (χ2n) is 18.0. The van der Waals surface area contributed by atoms with Crippen LogP contribution in [-0.2, 0) is 25.7 Å². The number of nitrogens with zero attached hydrogens (tertiary/aromatic N) is 2. The van der Waals surface area contributed by atoms with Crippen molar-refractivity contribution < 1.29 is 4.70 Å². The van der Waals surface area contributed by atoms with Crippen LogP contribution in [0.1, 0.15) is 255 Å². The van der Waals surface area contributed by atoms with Crippen molar-refractivity contribution in [2.24, 2.45) is 0 Å². The molecule has 2 heteroatoms. The second kappa shape index (κ2) is 31.2. The van der Waals surface area contributed by atoms with Crippen LogP contribution in [-0.4, -0.2) is 4.70 Å². The van der Waals surface area contributed by atoms with Gasteiger partial charge in [-0.1, -0.05) is 194 Å². The zero-order chi connectivity index (χ0) is 41.6. The van der Waals surface area contributed by atoms with Gasteiger partial charge in [0.05, 0.1) is 5.57 Å². The molecule has 0 bridgehead atoms. The van der Waals surface area contributed by atoms with Crippen LogP contribution >= 0.6 is 0 Å². The Morgan fingerprint density at radius 1 is 0.379 bits per heavy atom. The molecule has 0 saturated carbocycles. The summed E-state index contributed by atoms with van der Waals surface area (Å²) in [6.07, 6.45) is 45.1. The molecular formula is C56H90N2. The van der Waals surface area contributed by atoms with Gasteiger partial charge in [-0.25, -0.2) is 4.70 Å². The van der Waals surface area contributed by atoms with Gasteiger partial charge in [-0.3, -0.25) is 0 Å².